The normalized spacial score (nSPS) is 14.7. The molecule has 13 heteroatoms. The minimum absolute atomic E-state index is 0.415. The first-order valence-corrected chi connectivity index (χ1v) is 9.77. The second kappa shape index (κ2) is 6.31. The summed E-state index contributed by atoms with van der Waals surface area (Å²) >= 11 is -5.66. The Balaban J connectivity index is 3.42. The second-order valence-corrected chi connectivity index (χ2v) is 10.6. The third-order valence-electron chi connectivity index (χ3n) is 2.18. The zero-order valence-corrected chi connectivity index (χ0v) is 13.8. The quantitative estimate of drug-likeness (QED) is 0.271. The van der Waals surface area contributed by atoms with E-state index < -0.39 is 49.5 Å². The number of halogens is 9. The van der Waals surface area contributed by atoms with Crippen LogP contribution in [-0.4, -0.2) is 24.0 Å². The zero-order valence-electron chi connectivity index (χ0n) is 10.8. The molecule has 134 valence electrons. The Bertz CT molecular complexity index is 650. The molecule has 0 fully saturated rings. The summed E-state index contributed by atoms with van der Waals surface area (Å²) in [4.78, 5) is 0. The van der Waals surface area contributed by atoms with Crippen molar-refractivity contribution in [1.82, 2.24) is 0 Å². The summed E-state index contributed by atoms with van der Waals surface area (Å²) in [6, 6.07) is 3.48. The van der Waals surface area contributed by atoms with Gasteiger partial charge in [-0.2, -0.15) is 0 Å². The van der Waals surface area contributed by atoms with Gasteiger partial charge in [0.2, 0.25) is 0 Å². The number of benzene rings is 1. The Morgan fingerprint density at radius 2 is 1.35 bits per heavy atom. The summed E-state index contributed by atoms with van der Waals surface area (Å²) in [6.07, 6.45) is -6.26. The van der Waals surface area contributed by atoms with Gasteiger partial charge in [0.25, 0.3) is 0 Å². The molecule has 23 heavy (non-hydrogen) atoms. The van der Waals surface area contributed by atoms with Gasteiger partial charge in [-0.15, -0.1) is 0 Å². The Kier molecular flexibility index (Phi) is 5.58. The maximum absolute atomic E-state index is 13.5. The van der Waals surface area contributed by atoms with E-state index in [1.54, 1.807) is 0 Å². The molecule has 0 amide bonds. The molecular weight excluding hydrogens is 479 g/mol. The van der Waals surface area contributed by atoms with Crippen LogP contribution in [0.3, 0.4) is 0 Å². The van der Waals surface area contributed by atoms with Crippen molar-refractivity contribution in [3.05, 3.63) is 33.4 Å². The van der Waals surface area contributed by atoms with Gasteiger partial charge in [-0.05, 0) is 0 Å². The van der Waals surface area contributed by atoms with E-state index in [1.165, 1.54) is 6.92 Å². The molecule has 1 aromatic carbocycles. The summed E-state index contributed by atoms with van der Waals surface area (Å²) in [5, 5.41) is 0. The van der Waals surface area contributed by atoms with Crippen LogP contribution in [0.5, 0.6) is 0 Å². The zero-order chi connectivity index (χ0) is 18.3. The van der Waals surface area contributed by atoms with E-state index in [9.17, 15) is 43.5 Å². The second-order valence-electron chi connectivity index (χ2n) is 4.00. The van der Waals surface area contributed by atoms with Gasteiger partial charge in [0.15, 0.2) is 0 Å². The van der Waals surface area contributed by atoms with Crippen LogP contribution in [0.25, 0.3) is 0 Å². The molecule has 3 nitrogen and oxygen atoms in total. The summed E-state index contributed by atoms with van der Waals surface area (Å²) in [7, 11) is -6.61. The van der Waals surface area contributed by atoms with E-state index in [1.807, 2.05) is 0 Å². The maximum atomic E-state index is 13.5. The van der Waals surface area contributed by atoms with E-state index in [4.69, 9.17) is 0 Å². The summed E-state index contributed by atoms with van der Waals surface area (Å²) in [6.45, 7) is 1.44. The van der Waals surface area contributed by atoms with E-state index in [0.29, 0.717) is 17.7 Å². The molecule has 0 aliphatic carbocycles. The van der Waals surface area contributed by atoms with Crippen molar-refractivity contribution < 1.29 is 46.1 Å². The van der Waals surface area contributed by atoms with Crippen molar-refractivity contribution in [3.8, 4) is 0 Å². The number of rotatable bonds is 4. The van der Waals surface area contributed by atoms with Gasteiger partial charge < -0.3 is 0 Å². The number of hydrogen-bond donors (Lipinski definition) is 0. The molecule has 0 heterocycles. The monoisotopic (exact) mass is 486 g/mol. The molecule has 0 aliphatic rings. The molecule has 0 atom stereocenters. The predicted molar refractivity (Wildman–Crippen MR) is 71.0 cm³/mol. The number of aryl methyl sites for hydroxylation is 1. The molecule has 0 saturated heterocycles. The van der Waals surface area contributed by atoms with Gasteiger partial charge in [0.05, 0.1) is 0 Å². The predicted octanol–water partition coefficient (Wildman–Crippen LogP) is 4.61. The van der Waals surface area contributed by atoms with Gasteiger partial charge in [-0.25, -0.2) is 0 Å². The van der Waals surface area contributed by atoms with E-state index in [2.05, 4.69) is 2.51 Å². The molecular formula is C10H7F8IO3S. The minimum atomic E-state index is -6.61. The third-order valence-corrected chi connectivity index (χ3v) is 9.23. The van der Waals surface area contributed by atoms with E-state index >= 15 is 0 Å². The van der Waals surface area contributed by atoms with Crippen molar-refractivity contribution in [1.29, 1.82) is 0 Å². The van der Waals surface area contributed by atoms with Crippen LogP contribution in [-0.2, 0) is 12.6 Å². The molecule has 0 bridgehead atoms. The van der Waals surface area contributed by atoms with Crippen LogP contribution < -0.4 is 0 Å². The fraction of sp³-hybridized carbons (Fsp3) is 0.400. The van der Waals surface area contributed by atoms with E-state index in [-0.39, 0.29) is 0 Å². The van der Waals surface area contributed by atoms with Gasteiger partial charge >= 0.3 is 132 Å². The molecule has 0 saturated carbocycles. The fourth-order valence-corrected chi connectivity index (χ4v) is 7.15. The van der Waals surface area contributed by atoms with Crippen molar-refractivity contribution >= 4 is 30.4 Å². The van der Waals surface area contributed by atoms with Gasteiger partial charge in [-0.3, -0.25) is 0 Å². The molecule has 0 aliphatic heterocycles. The Morgan fingerprint density at radius 1 is 0.913 bits per heavy atom. The average Bonchev–Trinajstić information content (AvgIpc) is 2.34. The van der Waals surface area contributed by atoms with Crippen LogP contribution in [0, 0.1) is 10.5 Å². The van der Waals surface area contributed by atoms with Crippen molar-refractivity contribution in [2.45, 2.75) is 22.5 Å². The Hall–Kier alpha value is -0.700. The molecule has 0 unspecified atom stereocenters. The van der Waals surface area contributed by atoms with Crippen LogP contribution >= 0.6 is 20.2 Å². The summed E-state index contributed by atoms with van der Waals surface area (Å²) in [5.41, 5.74) is -5.70. The van der Waals surface area contributed by atoms with Crippen molar-refractivity contribution in [3.63, 3.8) is 0 Å². The molecule has 1 rings (SSSR count). The molecule has 0 spiro atoms. The third kappa shape index (κ3) is 4.43. The van der Waals surface area contributed by atoms with Crippen LogP contribution in [0.4, 0.5) is 35.1 Å². The summed E-state index contributed by atoms with van der Waals surface area (Å²) in [5.74, 6) is 0. The first-order valence-electron chi connectivity index (χ1n) is 5.32. The van der Waals surface area contributed by atoms with Gasteiger partial charge in [0.1, 0.15) is 0 Å². The fourth-order valence-electron chi connectivity index (χ4n) is 1.08. The van der Waals surface area contributed by atoms with E-state index in [0.717, 1.165) is 12.1 Å². The first-order chi connectivity index (χ1) is 10.1. The average molecular weight is 486 g/mol. The SMILES string of the molecule is Cc1ccc(I(OS(=O)(=O)C(F)(F)F)C(F)(F)C(F)(F)F)cc1. The first kappa shape index (κ1) is 20.3. The van der Waals surface area contributed by atoms with Crippen LogP contribution in [0.15, 0.2) is 24.3 Å². The topological polar surface area (TPSA) is 43.4 Å². The molecule has 0 radical (unpaired) electrons. The van der Waals surface area contributed by atoms with Crippen molar-refractivity contribution in [2.24, 2.45) is 0 Å². The number of hydrogen-bond acceptors (Lipinski definition) is 3. The van der Waals surface area contributed by atoms with Gasteiger partial charge in [-0.1, -0.05) is 0 Å². The standard InChI is InChI=1S/C10H7F8IO3S/c1-6-2-4-7(5-3-6)19(9(14,15)8(11,12)13)22-23(20,21)10(16,17)18/h2-5H,1H3. The number of alkyl halides is 9. The van der Waals surface area contributed by atoms with Crippen LogP contribution in [0.1, 0.15) is 5.56 Å². The molecule has 1 aromatic rings. The Labute approximate surface area is 132 Å². The van der Waals surface area contributed by atoms with Gasteiger partial charge in [0, 0.05) is 0 Å². The molecule has 0 N–H and O–H groups in total. The Morgan fingerprint density at radius 3 is 1.70 bits per heavy atom. The molecule has 0 aromatic heterocycles. The van der Waals surface area contributed by atoms with Crippen LogP contribution in [0.2, 0.25) is 0 Å². The van der Waals surface area contributed by atoms with Crippen molar-refractivity contribution in [2.75, 3.05) is 0 Å². The summed E-state index contributed by atoms with van der Waals surface area (Å²) < 4.78 is 120.